The van der Waals surface area contributed by atoms with E-state index < -0.39 is 24.5 Å². The molecule has 2 aromatic carbocycles. The monoisotopic (exact) mass is 417 g/mol. The number of alkyl halides is 3. The Bertz CT molecular complexity index is 1070. The maximum Gasteiger partial charge on any atom is 0.449 e. The number of hydrogen-bond acceptors (Lipinski definition) is 3. The van der Waals surface area contributed by atoms with Crippen molar-refractivity contribution in [2.75, 3.05) is 7.11 Å². The molecule has 1 atom stereocenters. The van der Waals surface area contributed by atoms with Gasteiger partial charge in [0.25, 0.3) is 0 Å². The fraction of sp³-hybridized carbons (Fsp3) is 0.364. The molecule has 3 aromatic rings. The zero-order valence-electron chi connectivity index (χ0n) is 16.7. The average molecular weight is 417 g/mol. The average Bonchev–Trinajstić information content (AvgIpc) is 3.48. The van der Waals surface area contributed by atoms with Gasteiger partial charge in [0.05, 0.1) is 24.2 Å². The minimum absolute atomic E-state index is 0.217. The van der Waals surface area contributed by atoms with Crippen molar-refractivity contribution in [1.82, 2.24) is 14.9 Å². The van der Waals surface area contributed by atoms with Gasteiger partial charge in [-0.2, -0.15) is 13.2 Å². The van der Waals surface area contributed by atoms with Crippen molar-refractivity contribution in [3.05, 3.63) is 59.4 Å². The fourth-order valence-corrected chi connectivity index (χ4v) is 3.69. The van der Waals surface area contributed by atoms with Crippen LogP contribution in [0.4, 0.5) is 13.2 Å². The lowest BCUT2D eigenvalue weighted by Crippen LogP contribution is -2.33. The molecular formula is C22H22F3N3O2. The van der Waals surface area contributed by atoms with Crippen molar-refractivity contribution in [3.8, 4) is 5.75 Å². The summed E-state index contributed by atoms with van der Waals surface area (Å²) in [5.74, 6) is -0.555. The van der Waals surface area contributed by atoms with Crippen LogP contribution >= 0.6 is 0 Å². The van der Waals surface area contributed by atoms with Gasteiger partial charge >= 0.3 is 6.18 Å². The van der Waals surface area contributed by atoms with Crippen LogP contribution in [-0.4, -0.2) is 22.6 Å². The van der Waals surface area contributed by atoms with E-state index >= 15 is 0 Å². The van der Waals surface area contributed by atoms with Crippen LogP contribution in [0.3, 0.4) is 0 Å². The number of carbonyl (C=O) groups excluding carboxylic acids is 1. The first-order chi connectivity index (χ1) is 14.3. The molecule has 0 aliphatic heterocycles. The van der Waals surface area contributed by atoms with Gasteiger partial charge in [-0.05, 0) is 61.1 Å². The second-order valence-electron chi connectivity index (χ2n) is 7.67. The number of ether oxygens (including phenoxy) is 1. The van der Waals surface area contributed by atoms with Crippen molar-refractivity contribution in [3.63, 3.8) is 0 Å². The number of rotatable bonds is 6. The van der Waals surface area contributed by atoms with Crippen LogP contribution in [0.15, 0.2) is 42.5 Å². The van der Waals surface area contributed by atoms with Crippen molar-refractivity contribution < 1.29 is 22.7 Å². The van der Waals surface area contributed by atoms with Gasteiger partial charge in [-0.25, -0.2) is 4.98 Å². The van der Waals surface area contributed by atoms with E-state index in [9.17, 15) is 18.0 Å². The number of carbonyl (C=O) groups is 1. The van der Waals surface area contributed by atoms with Crippen molar-refractivity contribution in [2.45, 2.75) is 38.5 Å². The maximum atomic E-state index is 13.5. The number of halogens is 3. The normalized spacial score (nSPS) is 15.2. The Balaban J connectivity index is 1.61. The maximum absolute atomic E-state index is 13.5. The van der Waals surface area contributed by atoms with E-state index in [1.165, 1.54) is 0 Å². The third-order valence-electron chi connectivity index (χ3n) is 5.34. The first kappa shape index (κ1) is 20.3. The molecule has 5 nitrogen and oxygen atoms in total. The van der Waals surface area contributed by atoms with Crippen LogP contribution in [0.25, 0.3) is 11.0 Å². The van der Waals surface area contributed by atoms with E-state index in [-0.39, 0.29) is 17.5 Å². The van der Waals surface area contributed by atoms with E-state index in [4.69, 9.17) is 4.74 Å². The van der Waals surface area contributed by atoms with Gasteiger partial charge in [0.1, 0.15) is 12.3 Å². The number of methoxy groups -OCH3 is 1. The number of imidazole rings is 1. The molecular weight excluding hydrogens is 395 g/mol. The molecule has 1 aliphatic rings. The zero-order chi connectivity index (χ0) is 21.5. The number of fused-ring (bicyclic) bond motifs is 1. The molecule has 0 unspecified atom stereocenters. The van der Waals surface area contributed by atoms with Crippen LogP contribution in [0.2, 0.25) is 0 Å². The standard InChI is InChI=1S/C22H22F3N3O2/c1-13-3-10-17-18(11-13)28(21(26-17)22(23,24)25)12-19(29)27-20(14-4-5-14)15-6-8-16(30-2)9-7-15/h3,6-11,14,20H,4-5,12H2,1-2H3,(H,27,29)/t20-/m1/s1. The van der Waals surface area contributed by atoms with Crippen LogP contribution in [-0.2, 0) is 17.5 Å². The number of aromatic nitrogens is 2. The van der Waals surface area contributed by atoms with E-state index in [2.05, 4.69) is 10.3 Å². The molecule has 8 heteroatoms. The lowest BCUT2D eigenvalue weighted by Gasteiger charge is -2.20. The van der Waals surface area contributed by atoms with E-state index in [0.29, 0.717) is 11.3 Å². The van der Waals surface area contributed by atoms with Crippen LogP contribution < -0.4 is 10.1 Å². The van der Waals surface area contributed by atoms with Crippen molar-refractivity contribution >= 4 is 16.9 Å². The highest BCUT2D eigenvalue weighted by atomic mass is 19.4. The summed E-state index contributed by atoms with van der Waals surface area (Å²) >= 11 is 0. The molecule has 1 saturated carbocycles. The Morgan fingerprint density at radius 3 is 2.53 bits per heavy atom. The summed E-state index contributed by atoms with van der Waals surface area (Å²) in [5.41, 5.74) is 2.22. The molecule has 158 valence electrons. The highest BCUT2D eigenvalue weighted by molar-refractivity contribution is 5.82. The number of benzene rings is 2. The highest BCUT2D eigenvalue weighted by Crippen LogP contribution is 2.41. The van der Waals surface area contributed by atoms with Crippen LogP contribution in [0.5, 0.6) is 5.75 Å². The number of aryl methyl sites for hydroxylation is 1. The Morgan fingerprint density at radius 1 is 1.23 bits per heavy atom. The van der Waals surface area contributed by atoms with Gasteiger partial charge in [0.2, 0.25) is 11.7 Å². The summed E-state index contributed by atoms with van der Waals surface area (Å²) in [6.07, 6.45) is -2.71. The summed E-state index contributed by atoms with van der Waals surface area (Å²) in [4.78, 5) is 16.5. The Morgan fingerprint density at radius 2 is 1.93 bits per heavy atom. The molecule has 1 heterocycles. The summed E-state index contributed by atoms with van der Waals surface area (Å²) in [5, 5.41) is 2.93. The fourth-order valence-electron chi connectivity index (χ4n) is 3.69. The summed E-state index contributed by atoms with van der Waals surface area (Å²) in [6, 6.07) is 12.0. The van der Waals surface area contributed by atoms with Gasteiger partial charge in [0, 0.05) is 0 Å². The van der Waals surface area contributed by atoms with Crippen molar-refractivity contribution in [1.29, 1.82) is 0 Å². The third kappa shape index (κ3) is 4.13. The molecule has 4 rings (SSSR count). The number of amides is 1. The summed E-state index contributed by atoms with van der Waals surface area (Å²) in [7, 11) is 1.57. The number of hydrogen-bond donors (Lipinski definition) is 1. The number of nitrogens with one attached hydrogen (secondary N) is 1. The predicted molar refractivity (Wildman–Crippen MR) is 106 cm³/mol. The summed E-state index contributed by atoms with van der Waals surface area (Å²) < 4.78 is 46.8. The zero-order valence-corrected chi connectivity index (χ0v) is 16.7. The quantitative estimate of drug-likeness (QED) is 0.636. The minimum atomic E-state index is -4.65. The van der Waals surface area contributed by atoms with Gasteiger partial charge in [-0.3, -0.25) is 4.79 Å². The van der Waals surface area contributed by atoms with E-state index in [0.717, 1.165) is 28.5 Å². The number of nitrogens with zero attached hydrogens (tertiary/aromatic N) is 2. The molecule has 1 amide bonds. The Kier molecular flexibility index (Phi) is 5.17. The molecule has 1 aromatic heterocycles. The predicted octanol–water partition coefficient (Wildman–Crippen LogP) is 4.64. The van der Waals surface area contributed by atoms with Gasteiger partial charge < -0.3 is 14.6 Å². The second kappa shape index (κ2) is 7.66. The lowest BCUT2D eigenvalue weighted by molar-refractivity contribution is -0.147. The molecule has 0 radical (unpaired) electrons. The van der Waals surface area contributed by atoms with E-state index in [1.54, 1.807) is 32.2 Å². The molecule has 0 bridgehead atoms. The SMILES string of the molecule is COc1ccc([C@H](NC(=O)Cn2c(C(F)(F)F)nc3ccc(C)cc32)C2CC2)cc1. The van der Waals surface area contributed by atoms with Crippen LogP contribution in [0, 0.1) is 12.8 Å². The first-order valence-electron chi connectivity index (χ1n) is 9.73. The molecule has 1 N–H and O–H groups in total. The van der Waals surface area contributed by atoms with Crippen molar-refractivity contribution in [2.24, 2.45) is 5.92 Å². The van der Waals surface area contributed by atoms with E-state index in [1.807, 2.05) is 24.3 Å². The largest absolute Gasteiger partial charge is 0.497 e. The second-order valence-corrected chi connectivity index (χ2v) is 7.67. The molecule has 30 heavy (non-hydrogen) atoms. The molecule has 1 fully saturated rings. The smallest absolute Gasteiger partial charge is 0.449 e. The molecule has 0 saturated heterocycles. The van der Waals surface area contributed by atoms with Gasteiger partial charge in [0.15, 0.2) is 0 Å². The van der Waals surface area contributed by atoms with Crippen LogP contribution in [0.1, 0.15) is 35.8 Å². The highest BCUT2D eigenvalue weighted by Gasteiger charge is 2.39. The Labute approximate surface area is 171 Å². The lowest BCUT2D eigenvalue weighted by atomic mass is 10.0. The minimum Gasteiger partial charge on any atom is -0.497 e. The molecule has 1 aliphatic carbocycles. The first-order valence-corrected chi connectivity index (χ1v) is 9.73. The Hall–Kier alpha value is -3.03. The van der Waals surface area contributed by atoms with Gasteiger partial charge in [-0.1, -0.05) is 18.2 Å². The topological polar surface area (TPSA) is 56.1 Å². The third-order valence-corrected chi connectivity index (χ3v) is 5.34. The molecule has 0 spiro atoms. The summed E-state index contributed by atoms with van der Waals surface area (Å²) in [6.45, 7) is 1.34. The van der Waals surface area contributed by atoms with Gasteiger partial charge in [-0.15, -0.1) is 0 Å².